The Morgan fingerprint density at radius 3 is 2.45 bits per heavy atom. The van der Waals surface area contributed by atoms with Crippen molar-refractivity contribution in [2.45, 2.75) is 31.3 Å². The first kappa shape index (κ1) is 20.3. The monoisotopic (exact) mass is 422 g/mol. The lowest BCUT2D eigenvalue weighted by molar-refractivity contribution is -0.142. The van der Waals surface area contributed by atoms with Crippen molar-refractivity contribution in [3.8, 4) is 11.5 Å². The summed E-state index contributed by atoms with van der Waals surface area (Å²) in [6.45, 7) is 4.79. The van der Waals surface area contributed by atoms with Crippen molar-refractivity contribution >= 4 is 5.91 Å². The van der Waals surface area contributed by atoms with E-state index in [1.807, 2.05) is 29.2 Å². The van der Waals surface area contributed by atoms with Gasteiger partial charge in [0.25, 0.3) is 0 Å². The van der Waals surface area contributed by atoms with E-state index in [1.54, 1.807) is 0 Å². The lowest BCUT2D eigenvalue weighted by Crippen LogP contribution is -2.47. The number of rotatable bonds is 4. The van der Waals surface area contributed by atoms with E-state index in [1.165, 1.54) is 5.56 Å². The molecule has 6 nitrogen and oxygen atoms in total. The molecule has 164 valence electrons. The fourth-order valence-corrected chi connectivity index (χ4v) is 4.91. The number of hydrogen-bond acceptors (Lipinski definition) is 5. The molecule has 3 aliphatic rings. The van der Waals surface area contributed by atoms with Crippen LogP contribution in [-0.4, -0.2) is 61.8 Å². The van der Waals surface area contributed by atoms with E-state index in [4.69, 9.17) is 14.2 Å². The normalized spacial score (nSPS) is 22.7. The number of fused-ring (bicyclic) bond motifs is 1. The summed E-state index contributed by atoms with van der Waals surface area (Å²) in [5, 5.41) is 0. The molecule has 0 spiro atoms. The second kappa shape index (κ2) is 9.28. The van der Waals surface area contributed by atoms with Crippen LogP contribution >= 0.6 is 0 Å². The quantitative estimate of drug-likeness (QED) is 0.754. The molecule has 6 heteroatoms. The van der Waals surface area contributed by atoms with Crippen LogP contribution < -0.4 is 9.47 Å². The van der Waals surface area contributed by atoms with Crippen LogP contribution in [0.1, 0.15) is 42.5 Å². The molecule has 0 saturated carbocycles. The van der Waals surface area contributed by atoms with Gasteiger partial charge in [0.1, 0.15) is 6.04 Å². The molecule has 2 aromatic carbocycles. The molecule has 2 atom stereocenters. The topological polar surface area (TPSA) is 51.2 Å². The van der Waals surface area contributed by atoms with Crippen LogP contribution in [0.3, 0.4) is 0 Å². The van der Waals surface area contributed by atoms with Crippen LogP contribution in [0.2, 0.25) is 0 Å². The van der Waals surface area contributed by atoms with E-state index in [2.05, 4.69) is 29.2 Å². The minimum atomic E-state index is -0.289. The molecule has 0 N–H and O–H groups in total. The van der Waals surface area contributed by atoms with E-state index in [-0.39, 0.29) is 18.0 Å². The molecule has 0 unspecified atom stereocenters. The minimum Gasteiger partial charge on any atom is -0.490 e. The highest BCUT2D eigenvalue weighted by atomic mass is 16.5. The Morgan fingerprint density at radius 2 is 1.65 bits per heavy atom. The third-order valence-corrected chi connectivity index (χ3v) is 6.45. The van der Waals surface area contributed by atoms with Crippen molar-refractivity contribution < 1.29 is 19.0 Å². The fourth-order valence-electron chi connectivity index (χ4n) is 4.91. The van der Waals surface area contributed by atoms with Gasteiger partial charge in [-0.2, -0.15) is 0 Å². The predicted molar refractivity (Wildman–Crippen MR) is 117 cm³/mol. The zero-order chi connectivity index (χ0) is 21.0. The molecule has 2 saturated heterocycles. The number of ether oxygens (including phenoxy) is 3. The number of amides is 1. The average Bonchev–Trinajstić information content (AvgIpc) is 3.17. The van der Waals surface area contributed by atoms with Gasteiger partial charge in [0.2, 0.25) is 5.91 Å². The lowest BCUT2D eigenvalue weighted by atomic mass is 9.98. The molecule has 3 heterocycles. The highest BCUT2D eigenvalue weighted by Gasteiger charge is 2.39. The molecule has 0 aromatic heterocycles. The van der Waals surface area contributed by atoms with Crippen molar-refractivity contribution in [1.29, 1.82) is 0 Å². The molecule has 1 amide bonds. The third kappa shape index (κ3) is 4.27. The summed E-state index contributed by atoms with van der Waals surface area (Å²) in [7, 11) is 0. The van der Waals surface area contributed by atoms with Crippen molar-refractivity contribution in [2.24, 2.45) is 0 Å². The van der Waals surface area contributed by atoms with E-state index in [9.17, 15) is 4.79 Å². The maximum atomic E-state index is 13.7. The number of hydrogen-bond donors (Lipinski definition) is 0. The van der Waals surface area contributed by atoms with Gasteiger partial charge in [0, 0.05) is 25.6 Å². The Morgan fingerprint density at radius 1 is 0.871 bits per heavy atom. The van der Waals surface area contributed by atoms with Crippen LogP contribution in [0.4, 0.5) is 0 Å². The molecule has 2 aromatic rings. The van der Waals surface area contributed by atoms with E-state index >= 15 is 0 Å². The predicted octanol–water partition coefficient (Wildman–Crippen LogP) is 3.58. The summed E-state index contributed by atoms with van der Waals surface area (Å²) < 4.78 is 17.2. The third-order valence-electron chi connectivity index (χ3n) is 6.45. The number of likely N-dealkylation sites (tertiary alicyclic amines) is 1. The minimum absolute atomic E-state index is 0.173. The molecule has 5 rings (SSSR count). The van der Waals surface area contributed by atoms with Gasteiger partial charge in [-0.15, -0.1) is 0 Å². The van der Waals surface area contributed by atoms with Crippen LogP contribution in [0, 0.1) is 0 Å². The SMILES string of the molecule is O=C([C@H](c1ccccc1)N1CCC[C@H]1c1ccc2c(c1)OCCCO2)N1CCOCC1. The van der Waals surface area contributed by atoms with Crippen LogP contribution in [0.5, 0.6) is 11.5 Å². The molecule has 2 fully saturated rings. The molecular weight excluding hydrogens is 392 g/mol. The Bertz CT molecular complexity index is 898. The molecule has 0 bridgehead atoms. The van der Waals surface area contributed by atoms with Crippen molar-refractivity contribution in [1.82, 2.24) is 9.80 Å². The Hall–Kier alpha value is -2.57. The summed E-state index contributed by atoms with van der Waals surface area (Å²) >= 11 is 0. The number of benzene rings is 2. The van der Waals surface area contributed by atoms with Gasteiger partial charge in [0.05, 0.1) is 26.4 Å². The first-order valence-corrected chi connectivity index (χ1v) is 11.4. The van der Waals surface area contributed by atoms with Gasteiger partial charge < -0.3 is 19.1 Å². The zero-order valence-electron chi connectivity index (χ0n) is 17.9. The summed E-state index contributed by atoms with van der Waals surface area (Å²) in [5.41, 5.74) is 2.25. The zero-order valence-corrected chi connectivity index (χ0v) is 17.9. The van der Waals surface area contributed by atoms with Crippen molar-refractivity contribution in [2.75, 3.05) is 46.1 Å². The first-order valence-electron chi connectivity index (χ1n) is 11.4. The maximum Gasteiger partial charge on any atom is 0.244 e. The largest absolute Gasteiger partial charge is 0.490 e. The van der Waals surface area contributed by atoms with Gasteiger partial charge in [-0.1, -0.05) is 36.4 Å². The summed E-state index contributed by atoms with van der Waals surface area (Å²) in [6.07, 6.45) is 2.99. The van der Waals surface area contributed by atoms with Crippen LogP contribution in [0.15, 0.2) is 48.5 Å². The Kier molecular flexibility index (Phi) is 6.09. The van der Waals surface area contributed by atoms with Gasteiger partial charge in [-0.25, -0.2) is 0 Å². The number of morpholine rings is 1. The molecule has 31 heavy (non-hydrogen) atoms. The molecule has 0 aliphatic carbocycles. The molecular formula is C25H30N2O4. The van der Waals surface area contributed by atoms with Gasteiger partial charge in [0.15, 0.2) is 11.5 Å². The Labute approximate surface area is 183 Å². The standard InChI is InChI=1S/C25H30N2O4/c28-25(26-12-16-29-17-13-26)24(19-6-2-1-3-7-19)27-11-4-8-21(27)20-9-10-22-23(18-20)31-15-5-14-30-22/h1-3,6-7,9-10,18,21,24H,4-5,8,11-17H2/t21-,24-/m0/s1. The van der Waals surface area contributed by atoms with E-state index in [0.717, 1.165) is 42.9 Å². The maximum absolute atomic E-state index is 13.7. The van der Waals surface area contributed by atoms with E-state index < -0.39 is 0 Å². The summed E-state index contributed by atoms with van der Waals surface area (Å²) in [6, 6.07) is 16.4. The second-order valence-electron chi connectivity index (χ2n) is 8.40. The second-order valence-corrected chi connectivity index (χ2v) is 8.40. The van der Waals surface area contributed by atoms with Gasteiger partial charge in [-0.05, 0) is 42.6 Å². The van der Waals surface area contributed by atoms with Crippen LogP contribution in [0.25, 0.3) is 0 Å². The van der Waals surface area contributed by atoms with Gasteiger partial charge in [-0.3, -0.25) is 9.69 Å². The highest BCUT2D eigenvalue weighted by molar-refractivity contribution is 5.83. The van der Waals surface area contributed by atoms with Crippen molar-refractivity contribution in [3.05, 3.63) is 59.7 Å². The summed E-state index contributed by atoms with van der Waals surface area (Å²) in [4.78, 5) is 18.1. The number of nitrogens with zero attached hydrogens (tertiary/aromatic N) is 2. The molecule has 0 radical (unpaired) electrons. The lowest BCUT2D eigenvalue weighted by Gasteiger charge is -2.37. The smallest absolute Gasteiger partial charge is 0.244 e. The fraction of sp³-hybridized carbons (Fsp3) is 0.480. The van der Waals surface area contributed by atoms with Crippen LogP contribution in [-0.2, 0) is 9.53 Å². The highest BCUT2D eigenvalue weighted by Crippen LogP contribution is 2.42. The number of carbonyl (C=O) groups excluding carboxylic acids is 1. The van der Waals surface area contributed by atoms with E-state index in [0.29, 0.717) is 39.5 Å². The summed E-state index contributed by atoms with van der Waals surface area (Å²) in [5.74, 6) is 1.81. The molecule has 3 aliphatic heterocycles. The van der Waals surface area contributed by atoms with Gasteiger partial charge >= 0.3 is 0 Å². The average molecular weight is 423 g/mol. The number of carbonyl (C=O) groups is 1. The van der Waals surface area contributed by atoms with Crippen molar-refractivity contribution in [3.63, 3.8) is 0 Å². The Balaban J connectivity index is 1.47. The first-order chi connectivity index (χ1) is 15.3.